The molecule has 0 aliphatic carbocycles. The van der Waals surface area contributed by atoms with E-state index in [2.05, 4.69) is 22.8 Å². The van der Waals surface area contributed by atoms with Crippen molar-refractivity contribution in [3.8, 4) is 0 Å². The minimum absolute atomic E-state index is 0.0216. The van der Waals surface area contributed by atoms with Crippen LogP contribution >= 0.6 is 11.8 Å². The Morgan fingerprint density at radius 2 is 1.94 bits per heavy atom. The number of likely N-dealkylation sites (N-methyl/N-ethyl adjacent to an activating group) is 1. The summed E-state index contributed by atoms with van der Waals surface area (Å²) in [6.07, 6.45) is 2.84. The Hall–Kier alpha value is -2.93. The highest BCUT2D eigenvalue weighted by Gasteiger charge is 2.22. The molecule has 0 radical (unpaired) electrons. The lowest BCUT2D eigenvalue weighted by Gasteiger charge is -2.26. The van der Waals surface area contributed by atoms with Crippen LogP contribution in [0.15, 0.2) is 59.6 Å². The normalized spacial score (nSPS) is 15.4. The molecule has 2 heterocycles. The molecule has 3 amide bonds. The Bertz CT molecular complexity index is 1090. The SMILES string of the molecule is CCN(CC)C(=O)Cn1ccc2cc(NC(=O)NC3CCSc4ccccc43)ccc21. The first-order valence-electron chi connectivity index (χ1n) is 10.7. The number of nitrogens with zero attached hydrogens (tertiary/aromatic N) is 2. The lowest BCUT2D eigenvalue weighted by molar-refractivity contribution is -0.131. The number of hydrogen-bond acceptors (Lipinski definition) is 3. The van der Waals surface area contributed by atoms with Crippen LogP contribution in [0.1, 0.15) is 31.9 Å². The molecule has 1 unspecified atom stereocenters. The van der Waals surface area contributed by atoms with Crippen LogP contribution < -0.4 is 10.6 Å². The number of anilines is 1. The van der Waals surface area contributed by atoms with E-state index in [0.29, 0.717) is 19.6 Å². The van der Waals surface area contributed by atoms with Gasteiger partial charge in [0.25, 0.3) is 0 Å². The fourth-order valence-corrected chi connectivity index (χ4v) is 5.18. The van der Waals surface area contributed by atoms with E-state index in [9.17, 15) is 9.59 Å². The predicted octanol–water partition coefficient (Wildman–Crippen LogP) is 4.87. The Balaban J connectivity index is 1.43. The van der Waals surface area contributed by atoms with Crippen molar-refractivity contribution in [2.24, 2.45) is 0 Å². The minimum atomic E-state index is -0.206. The zero-order chi connectivity index (χ0) is 21.8. The Kier molecular flexibility index (Phi) is 6.51. The third-order valence-electron chi connectivity index (χ3n) is 5.71. The maximum atomic E-state index is 12.6. The molecule has 1 atom stereocenters. The number of carbonyl (C=O) groups excluding carboxylic acids is 2. The average molecular weight is 437 g/mol. The van der Waals surface area contributed by atoms with Crippen molar-refractivity contribution in [3.63, 3.8) is 0 Å². The molecule has 1 aliphatic rings. The molecular weight excluding hydrogens is 408 g/mol. The summed E-state index contributed by atoms with van der Waals surface area (Å²) in [5.74, 6) is 1.10. The maximum Gasteiger partial charge on any atom is 0.319 e. The zero-order valence-electron chi connectivity index (χ0n) is 17.9. The van der Waals surface area contributed by atoms with Gasteiger partial charge in [-0.05, 0) is 56.2 Å². The number of fused-ring (bicyclic) bond motifs is 2. The number of amides is 3. The summed E-state index contributed by atoms with van der Waals surface area (Å²) >= 11 is 1.83. The van der Waals surface area contributed by atoms with Gasteiger partial charge < -0.3 is 20.1 Å². The van der Waals surface area contributed by atoms with E-state index < -0.39 is 0 Å². The molecule has 0 saturated carbocycles. The molecule has 1 aromatic heterocycles. The van der Waals surface area contributed by atoms with Gasteiger partial charge in [-0.25, -0.2) is 4.79 Å². The number of aromatic nitrogens is 1. The van der Waals surface area contributed by atoms with Crippen LogP contribution in [0.2, 0.25) is 0 Å². The molecular formula is C24H28N4O2S. The molecule has 2 aromatic carbocycles. The topological polar surface area (TPSA) is 66.4 Å². The first-order chi connectivity index (χ1) is 15.1. The molecule has 0 saturated heterocycles. The van der Waals surface area contributed by atoms with Gasteiger partial charge in [-0.2, -0.15) is 0 Å². The fourth-order valence-electron chi connectivity index (χ4n) is 4.06. The standard InChI is InChI=1S/C24H28N4O2S/c1-3-27(4-2)23(29)16-28-13-11-17-15-18(9-10-21(17)28)25-24(30)26-20-12-14-31-22-8-6-5-7-19(20)22/h5-11,13,15,20H,3-4,12,14,16H2,1-2H3,(H2,25,26,30). The number of urea groups is 1. The van der Waals surface area contributed by atoms with E-state index in [0.717, 1.165) is 28.8 Å². The summed E-state index contributed by atoms with van der Waals surface area (Å²) in [6, 6.07) is 15.8. The van der Waals surface area contributed by atoms with Crippen molar-refractivity contribution in [2.75, 3.05) is 24.2 Å². The highest BCUT2D eigenvalue weighted by atomic mass is 32.2. The van der Waals surface area contributed by atoms with Crippen molar-refractivity contribution in [1.82, 2.24) is 14.8 Å². The Morgan fingerprint density at radius 3 is 2.74 bits per heavy atom. The lowest BCUT2D eigenvalue weighted by atomic mass is 10.0. The second kappa shape index (κ2) is 9.47. The summed E-state index contributed by atoms with van der Waals surface area (Å²) in [7, 11) is 0. The summed E-state index contributed by atoms with van der Waals surface area (Å²) in [5, 5.41) is 7.06. The van der Waals surface area contributed by atoms with Gasteiger partial charge in [-0.15, -0.1) is 11.8 Å². The van der Waals surface area contributed by atoms with Gasteiger partial charge in [0.15, 0.2) is 0 Å². The van der Waals surface area contributed by atoms with Gasteiger partial charge in [-0.3, -0.25) is 4.79 Å². The van der Waals surface area contributed by atoms with Gasteiger partial charge in [0.05, 0.1) is 6.04 Å². The van der Waals surface area contributed by atoms with Crippen LogP contribution in [0.5, 0.6) is 0 Å². The van der Waals surface area contributed by atoms with E-state index in [4.69, 9.17) is 0 Å². The summed E-state index contributed by atoms with van der Waals surface area (Å²) < 4.78 is 1.95. The van der Waals surface area contributed by atoms with E-state index in [1.54, 1.807) is 0 Å². The monoisotopic (exact) mass is 436 g/mol. The Labute approximate surface area is 187 Å². The molecule has 6 nitrogen and oxygen atoms in total. The van der Waals surface area contributed by atoms with E-state index in [1.165, 1.54) is 10.5 Å². The highest BCUT2D eigenvalue weighted by molar-refractivity contribution is 7.99. The van der Waals surface area contributed by atoms with Crippen LogP contribution in [0.3, 0.4) is 0 Å². The van der Waals surface area contributed by atoms with Crippen molar-refractivity contribution in [3.05, 3.63) is 60.3 Å². The molecule has 0 fully saturated rings. The molecule has 3 aromatic rings. The third-order valence-corrected chi connectivity index (χ3v) is 6.84. The number of nitrogens with one attached hydrogen (secondary N) is 2. The summed E-state index contributed by atoms with van der Waals surface area (Å²) in [5.41, 5.74) is 2.89. The predicted molar refractivity (Wildman–Crippen MR) is 127 cm³/mol. The molecule has 7 heteroatoms. The van der Waals surface area contributed by atoms with Crippen LogP contribution in [-0.2, 0) is 11.3 Å². The molecule has 0 bridgehead atoms. The van der Waals surface area contributed by atoms with Crippen LogP contribution in [0.25, 0.3) is 10.9 Å². The Morgan fingerprint density at radius 1 is 1.13 bits per heavy atom. The summed E-state index contributed by atoms with van der Waals surface area (Å²) in [4.78, 5) is 28.1. The number of carbonyl (C=O) groups is 2. The summed E-state index contributed by atoms with van der Waals surface area (Å²) in [6.45, 7) is 5.72. The number of hydrogen-bond donors (Lipinski definition) is 2. The minimum Gasteiger partial charge on any atom is -0.342 e. The van der Waals surface area contributed by atoms with Crippen LogP contribution in [0, 0.1) is 0 Å². The maximum absolute atomic E-state index is 12.6. The van der Waals surface area contributed by atoms with E-state index >= 15 is 0 Å². The molecule has 162 valence electrons. The molecule has 4 rings (SSSR count). The van der Waals surface area contributed by atoms with Gasteiger partial charge in [0, 0.05) is 46.5 Å². The van der Waals surface area contributed by atoms with E-state index in [1.807, 2.05) is 77.7 Å². The van der Waals surface area contributed by atoms with Crippen molar-refractivity contribution >= 4 is 40.3 Å². The first-order valence-corrected chi connectivity index (χ1v) is 11.7. The third kappa shape index (κ3) is 4.71. The van der Waals surface area contributed by atoms with Gasteiger partial charge >= 0.3 is 6.03 Å². The highest BCUT2D eigenvalue weighted by Crippen LogP contribution is 2.35. The molecule has 2 N–H and O–H groups in total. The van der Waals surface area contributed by atoms with Gasteiger partial charge in [-0.1, -0.05) is 18.2 Å². The average Bonchev–Trinajstić information content (AvgIpc) is 3.16. The molecule has 0 spiro atoms. The molecule has 1 aliphatic heterocycles. The molecule has 31 heavy (non-hydrogen) atoms. The van der Waals surface area contributed by atoms with Gasteiger partial charge in [0.2, 0.25) is 5.91 Å². The fraction of sp³-hybridized carbons (Fsp3) is 0.333. The second-order valence-electron chi connectivity index (χ2n) is 7.61. The van der Waals surface area contributed by atoms with Crippen molar-refractivity contribution in [2.45, 2.75) is 37.8 Å². The first kappa shape index (κ1) is 21.3. The van der Waals surface area contributed by atoms with Crippen LogP contribution in [-0.4, -0.2) is 40.2 Å². The number of thioether (sulfide) groups is 1. The second-order valence-corrected chi connectivity index (χ2v) is 8.75. The largest absolute Gasteiger partial charge is 0.342 e. The smallest absolute Gasteiger partial charge is 0.319 e. The van der Waals surface area contributed by atoms with Crippen LogP contribution in [0.4, 0.5) is 10.5 Å². The van der Waals surface area contributed by atoms with Crippen molar-refractivity contribution in [1.29, 1.82) is 0 Å². The number of rotatable bonds is 6. The van der Waals surface area contributed by atoms with Crippen molar-refractivity contribution < 1.29 is 9.59 Å². The quantitative estimate of drug-likeness (QED) is 0.579. The lowest BCUT2D eigenvalue weighted by Crippen LogP contribution is -2.34. The number of benzene rings is 2. The van der Waals surface area contributed by atoms with E-state index in [-0.39, 0.29) is 18.0 Å². The van der Waals surface area contributed by atoms with Gasteiger partial charge in [0.1, 0.15) is 6.54 Å². The zero-order valence-corrected chi connectivity index (χ0v) is 18.7.